The van der Waals surface area contributed by atoms with Crippen LogP contribution in [0.1, 0.15) is 12.0 Å². The molecule has 6 heteroatoms. The minimum Gasteiger partial charge on any atom is -0.465 e. The zero-order chi connectivity index (χ0) is 15.4. The number of anilines is 1. The summed E-state index contributed by atoms with van der Waals surface area (Å²) in [6.07, 6.45) is 1.12. The van der Waals surface area contributed by atoms with Gasteiger partial charge in [-0.25, -0.2) is 4.79 Å². The van der Waals surface area contributed by atoms with Crippen LogP contribution >= 0.6 is 11.8 Å². The number of piperidine rings is 1. The molecule has 0 bridgehead atoms. The number of Topliss-reactive ketones (excluding diaryl/α,β-unsaturated/α-hetero) is 1. The van der Waals surface area contributed by atoms with Crippen molar-refractivity contribution in [1.82, 2.24) is 4.90 Å². The van der Waals surface area contributed by atoms with Crippen molar-refractivity contribution in [2.24, 2.45) is 0 Å². The number of carboxylic acid groups (broad SMARTS) is 1. The van der Waals surface area contributed by atoms with E-state index in [-0.39, 0.29) is 25.3 Å². The fourth-order valence-electron chi connectivity index (χ4n) is 2.21. The van der Waals surface area contributed by atoms with Crippen molar-refractivity contribution in [3.05, 3.63) is 40.4 Å². The molecule has 0 aliphatic carbocycles. The highest BCUT2D eigenvalue weighted by molar-refractivity contribution is 8.02. The highest BCUT2D eigenvalue weighted by atomic mass is 32.2. The highest BCUT2D eigenvalue weighted by Gasteiger charge is 2.27. The van der Waals surface area contributed by atoms with Crippen LogP contribution in [-0.4, -0.2) is 41.2 Å². The Morgan fingerprint density at radius 2 is 2.19 bits per heavy atom. The number of hydrogen-bond donors (Lipinski definition) is 2. The van der Waals surface area contributed by atoms with Crippen molar-refractivity contribution >= 4 is 29.3 Å². The summed E-state index contributed by atoms with van der Waals surface area (Å²) in [6, 6.07) is 7.84. The van der Waals surface area contributed by atoms with Crippen molar-refractivity contribution in [3.8, 4) is 0 Å². The van der Waals surface area contributed by atoms with Crippen LogP contribution in [0.15, 0.2) is 34.9 Å². The number of thioether (sulfide) groups is 1. The molecule has 2 rings (SSSR count). The molecule has 5 nitrogen and oxygen atoms in total. The third-order valence-electron chi connectivity index (χ3n) is 3.32. The van der Waals surface area contributed by atoms with E-state index in [4.69, 9.17) is 5.11 Å². The molecule has 1 aliphatic heterocycles. The molecule has 2 N–H and O–H groups in total. The lowest BCUT2D eigenvalue weighted by molar-refractivity contribution is -0.117. The number of aryl methyl sites for hydroxylation is 1. The molecule has 1 saturated heterocycles. The average molecular weight is 306 g/mol. The van der Waals surface area contributed by atoms with Gasteiger partial charge in [-0.1, -0.05) is 12.1 Å². The van der Waals surface area contributed by atoms with Gasteiger partial charge in [0.1, 0.15) is 0 Å². The summed E-state index contributed by atoms with van der Waals surface area (Å²) >= 11 is 1.42. The molecule has 112 valence electrons. The second kappa shape index (κ2) is 6.67. The lowest BCUT2D eigenvalue weighted by Crippen LogP contribution is -2.40. The normalized spacial score (nSPS) is 17.6. The summed E-state index contributed by atoms with van der Waals surface area (Å²) in [6.45, 7) is 2.40. The van der Waals surface area contributed by atoms with Crippen LogP contribution < -0.4 is 5.32 Å². The molecule has 0 unspecified atom stereocenters. The quantitative estimate of drug-likeness (QED) is 0.840. The fraction of sp³-hybridized carbons (Fsp3) is 0.333. The molecule has 0 spiro atoms. The van der Waals surface area contributed by atoms with E-state index >= 15 is 0 Å². The van der Waals surface area contributed by atoms with Gasteiger partial charge in [-0.15, -0.1) is 11.8 Å². The molecule has 1 amide bonds. The van der Waals surface area contributed by atoms with Gasteiger partial charge in [-0.05, 0) is 30.9 Å². The lowest BCUT2D eigenvalue weighted by Gasteiger charge is -2.27. The van der Waals surface area contributed by atoms with E-state index in [9.17, 15) is 9.59 Å². The van der Waals surface area contributed by atoms with Crippen LogP contribution in [0.25, 0.3) is 0 Å². The summed E-state index contributed by atoms with van der Waals surface area (Å²) in [7, 11) is 0. The number of nitrogens with zero attached hydrogens (tertiary/aromatic N) is 1. The lowest BCUT2D eigenvalue weighted by atomic mass is 10.0. The third-order valence-corrected chi connectivity index (χ3v) is 4.08. The summed E-state index contributed by atoms with van der Waals surface area (Å²) in [5.74, 6) is 0.0111. The SMILES string of the molecule is CS/C(Nc1cccc(C)c1)=C1/CN(C(=O)O)CCC1=O. The zero-order valence-corrected chi connectivity index (χ0v) is 12.9. The first-order valence-electron chi connectivity index (χ1n) is 6.63. The second-order valence-corrected chi connectivity index (χ2v) is 5.70. The van der Waals surface area contributed by atoms with Gasteiger partial charge in [0.2, 0.25) is 0 Å². The number of nitrogens with one attached hydrogen (secondary N) is 1. The Hall–Kier alpha value is -1.95. The first kappa shape index (κ1) is 15.4. The maximum atomic E-state index is 12.1. The molecule has 0 radical (unpaired) electrons. The Kier molecular flexibility index (Phi) is 4.90. The Morgan fingerprint density at radius 1 is 1.43 bits per heavy atom. The van der Waals surface area contributed by atoms with E-state index in [2.05, 4.69) is 5.32 Å². The van der Waals surface area contributed by atoms with Crippen molar-refractivity contribution in [2.45, 2.75) is 13.3 Å². The van der Waals surface area contributed by atoms with Crippen LogP contribution in [0.5, 0.6) is 0 Å². The number of likely N-dealkylation sites (tertiary alicyclic amines) is 1. The van der Waals surface area contributed by atoms with Gasteiger partial charge in [-0.2, -0.15) is 0 Å². The number of rotatable bonds is 3. The average Bonchev–Trinajstić information content (AvgIpc) is 2.45. The molecule has 1 aromatic carbocycles. The van der Waals surface area contributed by atoms with Gasteiger partial charge in [0.15, 0.2) is 5.78 Å². The van der Waals surface area contributed by atoms with E-state index in [0.29, 0.717) is 5.57 Å². The largest absolute Gasteiger partial charge is 0.465 e. The molecule has 1 aromatic rings. The third kappa shape index (κ3) is 3.78. The topological polar surface area (TPSA) is 69.6 Å². The van der Waals surface area contributed by atoms with E-state index in [0.717, 1.165) is 16.3 Å². The number of benzene rings is 1. The number of carbonyl (C=O) groups is 2. The maximum absolute atomic E-state index is 12.1. The summed E-state index contributed by atoms with van der Waals surface area (Å²) in [5, 5.41) is 13.0. The molecule has 1 heterocycles. The van der Waals surface area contributed by atoms with Gasteiger partial charge >= 0.3 is 6.09 Å². The monoisotopic (exact) mass is 306 g/mol. The second-order valence-electron chi connectivity index (χ2n) is 4.88. The first-order chi connectivity index (χ1) is 10.0. The Balaban J connectivity index is 2.27. The molecule has 1 aliphatic rings. The predicted molar refractivity (Wildman–Crippen MR) is 84.6 cm³/mol. The van der Waals surface area contributed by atoms with Crippen LogP contribution in [0.4, 0.5) is 10.5 Å². The Morgan fingerprint density at radius 3 is 2.81 bits per heavy atom. The van der Waals surface area contributed by atoms with Crippen molar-refractivity contribution in [2.75, 3.05) is 24.7 Å². The first-order valence-corrected chi connectivity index (χ1v) is 7.85. The van der Waals surface area contributed by atoms with Crippen LogP contribution in [0, 0.1) is 6.92 Å². The van der Waals surface area contributed by atoms with Gasteiger partial charge in [0, 0.05) is 24.2 Å². The van der Waals surface area contributed by atoms with Crippen LogP contribution in [-0.2, 0) is 4.79 Å². The highest BCUT2D eigenvalue weighted by Crippen LogP contribution is 2.25. The Labute approximate surface area is 128 Å². The smallest absolute Gasteiger partial charge is 0.407 e. The number of hydrogen-bond acceptors (Lipinski definition) is 4. The van der Waals surface area contributed by atoms with E-state index in [1.807, 2.05) is 37.4 Å². The van der Waals surface area contributed by atoms with Gasteiger partial charge in [0.25, 0.3) is 0 Å². The molecular weight excluding hydrogens is 288 g/mol. The summed E-state index contributed by atoms with van der Waals surface area (Å²) in [4.78, 5) is 24.4. The fourth-order valence-corrected chi connectivity index (χ4v) is 2.86. The van der Waals surface area contributed by atoms with Gasteiger partial charge in [-0.3, -0.25) is 4.79 Å². The minimum atomic E-state index is -0.990. The molecule has 1 fully saturated rings. The summed E-state index contributed by atoms with van der Waals surface area (Å²) < 4.78 is 0. The summed E-state index contributed by atoms with van der Waals surface area (Å²) in [5.41, 5.74) is 2.55. The van der Waals surface area contributed by atoms with E-state index < -0.39 is 6.09 Å². The molecule has 0 aromatic heterocycles. The maximum Gasteiger partial charge on any atom is 0.407 e. The predicted octanol–water partition coefficient (Wildman–Crippen LogP) is 2.93. The van der Waals surface area contributed by atoms with Gasteiger partial charge < -0.3 is 15.3 Å². The van der Waals surface area contributed by atoms with Crippen molar-refractivity contribution < 1.29 is 14.7 Å². The van der Waals surface area contributed by atoms with Crippen molar-refractivity contribution in [3.63, 3.8) is 0 Å². The Bertz CT molecular complexity index is 598. The minimum absolute atomic E-state index is 0.0111. The van der Waals surface area contributed by atoms with Crippen LogP contribution in [0.3, 0.4) is 0 Å². The molecule has 21 heavy (non-hydrogen) atoms. The van der Waals surface area contributed by atoms with Gasteiger partial charge in [0.05, 0.1) is 11.6 Å². The van der Waals surface area contributed by atoms with Crippen LogP contribution in [0.2, 0.25) is 0 Å². The number of amides is 1. The number of ketones is 1. The molecule has 0 atom stereocenters. The van der Waals surface area contributed by atoms with E-state index in [1.54, 1.807) is 0 Å². The number of carbonyl (C=O) groups excluding carboxylic acids is 1. The molecular formula is C15H18N2O3S. The van der Waals surface area contributed by atoms with E-state index in [1.165, 1.54) is 16.7 Å². The standard InChI is InChI=1S/C15H18N2O3S/c1-10-4-3-5-11(8-10)16-14(21-2)12-9-17(15(19)20)7-6-13(12)18/h3-5,8,16H,6-7,9H2,1-2H3,(H,19,20)/b14-12-. The van der Waals surface area contributed by atoms with Crippen molar-refractivity contribution in [1.29, 1.82) is 0 Å². The molecule has 0 saturated carbocycles. The zero-order valence-electron chi connectivity index (χ0n) is 12.0.